The zero-order chi connectivity index (χ0) is 24.6. The van der Waals surface area contributed by atoms with Crippen molar-refractivity contribution in [3.63, 3.8) is 0 Å². The summed E-state index contributed by atoms with van der Waals surface area (Å²) in [6.45, 7) is 1.88. The molecule has 0 aliphatic heterocycles. The first-order chi connectivity index (χ1) is 16.3. The van der Waals surface area contributed by atoms with Crippen LogP contribution in [0, 0.1) is 12.7 Å². The minimum absolute atomic E-state index is 0.0942. The Balaban J connectivity index is 1.59. The topological polar surface area (TPSA) is 66.5 Å². The summed E-state index contributed by atoms with van der Waals surface area (Å²) in [5.41, 5.74) is 2.17. The van der Waals surface area contributed by atoms with Crippen LogP contribution in [0.25, 0.3) is 0 Å². The van der Waals surface area contributed by atoms with Gasteiger partial charge in [0.1, 0.15) is 12.4 Å². The third-order valence-electron chi connectivity index (χ3n) is 5.03. The summed E-state index contributed by atoms with van der Waals surface area (Å²) in [6, 6.07) is 19.3. The van der Waals surface area contributed by atoms with Crippen molar-refractivity contribution in [1.29, 1.82) is 0 Å². The summed E-state index contributed by atoms with van der Waals surface area (Å²) in [5, 5.41) is 3.22. The predicted octanol–water partition coefficient (Wildman–Crippen LogP) is 5.42. The molecule has 180 valence electrons. The number of hydrogen-bond acceptors (Lipinski definition) is 4. The van der Waals surface area contributed by atoms with E-state index in [9.17, 15) is 17.6 Å². The maximum atomic E-state index is 13.3. The van der Waals surface area contributed by atoms with Gasteiger partial charge in [0, 0.05) is 17.3 Å². The molecule has 3 rings (SSSR count). The van der Waals surface area contributed by atoms with Crippen LogP contribution in [0.1, 0.15) is 17.5 Å². The molecule has 9 heteroatoms. The number of amides is 1. The lowest BCUT2D eigenvalue weighted by atomic mass is 10.2. The quantitative estimate of drug-likeness (QED) is 0.343. The van der Waals surface area contributed by atoms with Crippen LogP contribution < -0.4 is 9.62 Å². The summed E-state index contributed by atoms with van der Waals surface area (Å²) in [7, 11) is -3.97. The van der Waals surface area contributed by atoms with Gasteiger partial charge in [-0.15, -0.1) is 0 Å². The molecule has 0 fully saturated rings. The monoisotopic (exact) mass is 520 g/mol. The van der Waals surface area contributed by atoms with Crippen LogP contribution >= 0.6 is 23.4 Å². The molecule has 0 heterocycles. The molecule has 5 nitrogen and oxygen atoms in total. The molecule has 34 heavy (non-hydrogen) atoms. The number of carbonyl (C=O) groups is 1. The second-order valence-electron chi connectivity index (χ2n) is 7.64. The van der Waals surface area contributed by atoms with Crippen molar-refractivity contribution in [2.75, 3.05) is 23.1 Å². The van der Waals surface area contributed by atoms with Crippen molar-refractivity contribution in [3.8, 4) is 0 Å². The van der Waals surface area contributed by atoms with Gasteiger partial charge < -0.3 is 5.32 Å². The number of benzene rings is 3. The molecule has 0 unspecified atom stereocenters. The fourth-order valence-corrected chi connectivity index (χ4v) is 5.66. The highest BCUT2D eigenvalue weighted by Gasteiger charge is 2.27. The average Bonchev–Trinajstić information content (AvgIpc) is 2.83. The molecule has 0 aromatic heterocycles. The zero-order valence-electron chi connectivity index (χ0n) is 18.7. The Morgan fingerprint density at radius 1 is 1.06 bits per heavy atom. The van der Waals surface area contributed by atoms with Crippen LogP contribution in [0.2, 0.25) is 5.02 Å². The molecule has 1 amide bonds. The fraction of sp³-hybridized carbons (Fsp3) is 0.240. The van der Waals surface area contributed by atoms with E-state index >= 15 is 0 Å². The number of aryl methyl sites for hydroxylation is 1. The molecule has 0 aliphatic rings. The van der Waals surface area contributed by atoms with E-state index in [1.807, 2.05) is 6.92 Å². The first-order valence-electron chi connectivity index (χ1n) is 10.7. The molecule has 0 bridgehead atoms. The lowest BCUT2D eigenvalue weighted by molar-refractivity contribution is -0.119. The first kappa shape index (κ1) is 26.1. The van der Waals surface area contributed by atoms with Crippen molar-refractivity contribution < 1.29 is 17.6 Å². The third kappa shape index (κ3) is 7.22. The van der Waals surface area contributed by atoms with E-state index in [2.05, 4.69) is 5.32 Å². The third-order valence-corrected chi connectivity index (χ3v) is 8.34. The number of hydrogen-bond donors (Lipinski definition) is 1. The number of rotatable bonds is 11. The number of halogens is 2. The van der Waals surface area contributed by atoms with Crippen LogP contribution in [0.15, 0.2) is 77.7 Å². The maximum Gasteiger partial charge on any atom is 0.264 e. The number of anilines is 1. The summed E-state index contributed by atoms with van der Waals surface area (Å²) in [6.07, 6.45) is 0.722. The Labute approximate surface area is 209 Å². The highest BCUT2D eigenvalue weighted by molar-refractivity contribution is 7.98. The van der Waals surface area contributed by atoms with Gasteiger partial charge in [0.2, 0.25) is 5.91 Å². The number of carbonyl (C=O) groups excluding carboxylic acids is 1. The van der Waals surface area contributed by atoms with Crippen LogP contribution in [-0.4, -0.2) is 33.2 Å². The minimum atomic E-state index is -3.97. The lowest BCUT2D eigenvalue weighted by Gasteiger charge is -2.24. The molecule has 0 radical (unpaired) electrons. The average molecular weight is 521 g/mol. The highest BCUT2D eigenvalue weighted by atomic mass is 35.5. The summed E-state index contributed by atoms with van der Waals surface area (Å²) >= 11 is 7.92. The van der Waals surface area contributed by atoms with E-state index in [1.54, 1.807) is 60.3 Å². The van der Waals surface area contributed by atoms with Gasteiger partial charge in [-0.1, -0.05) is 48.0 Å². The van der Waals surface area contributed by atoms with Crippen molar-refractivity contribution >= 4 is 45.0 Å². The van der Waals surface area contributed by atoms with E-state index in [1.165, 1.54) is 24.3 Å². The van der Waals surface area contributed by atoms with E-state index < -0.39 is 15.9 Å². The van der Waals surface area contributed by atoms with Crippen LogP contribution in [0.5, 0.6) is 0 Å². The smallest absolute Gasteiger partial charge is 0.264 e. The van der Waals surface area contributed by atoms with Crippen LogP contribution in [0.4, 0.5) is 10.1 Å². The van der Waals surface area contributed by atoms with Crippen molar-refractivity contribution in [2.45, 2.75) is 24.0 Å². The molecule has 3 aromatic carbocycles. The molecule has 0 saturated carbocycles. The van der Waals surface area contributed by atoms with Crippen molar-refractivity contribution in [1.82, 2.24) is 5.32 Å². The molecule has 0 spiro atoms. The predicted molar refractivity (Wildman–Crippen MR) is 137 cm³/mol. The lowest BCUT2D eigenvalue weighted by Crippen LogP contribution is -2.41. The summed E-state index contributed by atoms with van der Waals surface area (Å²) in [4.78, 5) is 12.7. The van der Waals surface area contributed by atoms with E-state index in [4.69, 9.17) is 11.6 Å². The van der Waals surface area contributed by atoms with Gasteiger partial charge in [0.05, 0.1) is 10.6 Å². The molecular weight excluding hydrogens is 495 g/mol. The molecule has 3 aromatic rings. The second-order valence-corrected chi connectivity index (χ2v) is 11.0. The van der Waals surface area contributed by atoms with Crippen molar-refractivity contribution in [3.05, 3.63) is 94.8 Å². The SMILES string of the molecule is Cc1ccc(N(CC(=O)NCCCSCc2ccc(F)cc2)S(=O)(=O)c2ccccc2)cc1Cl. The standard InChI is InChI=1S/C25H26ClFN2O3S2/c1-19-8-13-22(16-24(19)26)29(34(31,32)23-6-3-2-4-7-23)17-25(30)28-14-5-15-33-18-20-9-11-21(27)12-10-20/h2-4,6-13,16H,5,14-15,17-18H2,1H3,(H,28,30). The van der Waals surface area contributed by atoms with E-state index in [-0.39, 0.29) is 17.3 Å². The Kier molecular flexibility index (Phi) is 9.38. The Hall–Kier alpha value is -2.55. The number of thioether (sulfide) groups is 1. The zero-order valence-corrected chi connectivity index (χ0v) is 21.1. The first-order valence-corrected chi connectivity index (χ1v) is 13.7. The Bertz CT molecular complexity index is 1210. The van der Waals surface area contributed by atoms with Gasteiger partial charge in [-0.2, -0.15) is 11.8 Å². The van der Waals surface area contributed by atoms with Gasteiger partial charge in [0.15, 0.2) is 0 Å². The Morgan fingerprint density at radius 3 is 2.44 bits per heavy atom. The van der Waals surface area contributed by atoms with Crippen LogP contribution in [-0.2, 0) is 20.6 Å². The van der Waals surface area contributed by atoms with Crippen LogP contribution in [0.3, 0.4) is 0 Å². The van der Waals surface area contributed by atoms with Gasteiger partial charge in [-0.05, 0) is 66.6 Å². The molecular formula is C25H26ClFN2O3S2. The van der Waals surface area contributed by atoms with Crippen molar-refractivity contribution in [2.24, 2.45) is 0 Å². The Morgan fingerprint density at radius 2 is 1.76 bits per heavy atom. The van der Waals surface area contributed by atoms with Gasteiger partial charge >= 0.3 is 0 Å². The van der Waals surface area contributed by atoms with E-state index in [0.717, 1.165) is 33.4 Å². The number of nitrogens with zero attached hydrogens (tertiary/aromatic N) is 1. The summed E-state index contributed by atoms with van der Waals surface area (Å²) in [5.74, 6) is 0.899. The fourth-order valence-electron chi connectivity index (χ4n) is 3.13. The van der Waals surface area contributed by atoms with Gasteiger partial charge in [-0.3, -0.25) is 9.10 Å². The minimum Gasteiger partial charge on any atom is -0.354 e. The maximum absolute atomic E-state index is 13.3. The largest absolute Gasteiger partial charge is 0.354 e. The molecule has 0 saturated heterocycles. The molecule has 0 atom stereocenters. The van der Waals surface area contributed by atoms with E-state index in [0.29, 0.717) is 17.3 Å². The summed E-state index contributed by atoms with van der Waals surface area (Å²) < 4.78 is 40.7. The second kappa shape index (κ2) is 12.2. The van der Waals surface area contributed by atoms with Gasteiger partial charge in [-0.25, -0.2) is 12.8 Å². The molecule has 1 N–H and O–H groups in total. The van der Waals surface area contributed by atoms with Gasteiger partial charge in [0.25, 0.3) is 10.0 Å². The number of nitrogens with one attached hydrogen (secondary N) is 1. The normalized spacial score (nSPS) is 11.3. The number of sulfonamides is 1. The highest BCUT2D eigenvalue weighted by Crippen LogP contribution is 2.28. The molecule has 0 aliphatic carbocycles.